The number of nitrogens with zero attached hydrogens (tertiary/aromatic N) is 1. The molecule has 18 heavy (non-hydrogen) atoms. The Morgan fingerprint density at radius 3 is 2.89 bits per heavy atom. The van der Waals surface area contributed by atoms with Crippen LogP contribution in [-0.4, -0.2) is 13.6 Å². The number of nitrogens with one attached hydrogen (secondary N) is 1. The van der Waals surface area contributed by atoms with Gasteiger partial charge in [-0.3, -0.25) is 0 Å². The Balaban J connectivity index is 1.73. The van der Waals surface area contributed by atoms with Crippen molar-refractivity contribution in [3.8, 4) is 0 Å². The van der Waals surface area contributed by atoms with Gasteiger partial charge in [0.1, 0.15) is 0 Å². The molecule has 0 aliphatic carbocycles. The van der Waals surface area contributed by atoms with Crippen LogP contribution >= 0.6 is 11.3 Å². The number of rotatable bonds is 4. The zero-order valence-corrected chi connectivity index (χ0v) is 11.5. The van der Waals surface area contributed by atoms with Gasteiger partial charge in [0.2, 0.25) is 0 Å². The highest BCUT2D eigenvalue weighted by Gasteiger charge is 2.18. The lowest BCUT2D eigenvalue weighted by atomic mass is 10.2. The Bertz CT molecular complexity index is 533. The number of hydrogen-bond acceptors (Lipinski definition) is 3. The summed E-state index contributed by atoms with van der Waals surface area (Å²) in [6.07, 6.45) is 1.19. The summed E-state index contributed by atoms with van der Waals surface area (Å²) in [5, 5.41) is 3.20. The van der Waals surface area contributed by atoms with E-state index in [0.29, 0.717) is 0 Å². The largest absolute Gasteiger partial charge is 0.366 e. The first kappa shape index (κ1) is 11.8. The first-order chi connectivity index (χ1) is 8.86. The quantitative estimate of drug-likeness (QED) is 0.907. The highest BCUT2D eigenvalue weighted by atomic mass is 32.1. The van der Waals surface area contributed by atoms with Gasteiger partial charge in [-0.25, -0.2) is 0 Å². The molecule has 0 amide bonds. The molecule has 1 aromatic carbocycles. The summed E-state index contributed by atoms with van der Waals surface area (Å²) >= 11 is 1.91. The molecule has 0 spiro atoms. The molecular weight excluding hydrogens is 240 g/mol. The molecule has 1 N–H and O–H groups in total. The first-order valence-electron chi connectivity index (χ1n) is 6.42. The SMILES string of the molecule is CNCc1ccc(CN2CCc3ccccc32)s1. The minimum atomic E-state index is 0.973. The van der Waals surface area contributed by atoms with Gasteiger partial charge >= 0.3 is 0 Å². The Kier molecular flexibility index (Phi) is 3.35. The van der Waals surface area contributed by atoms with Crippen LogP contribution < -0.4 is 10.2 Å². The molecule has 0 atom stereocenters. The minimum absolute atomic E-state index is 0.973. The van der Waals surface area contributed by atoms with E-state index in [0.717, 1.165) is 19.6 Å². The fraction of sp³-hybridized carbons (Fsp3) is 0.333. The van der Waals surface area contributed by atoms with E-state index in [-0.39, 0.29) is 0 Å². The van der Waals surface area contributed by atoms with Crippen molar-refractivity contribution in [2.24, 2.45) is 0 Å². The predicted molar refractivity (Wildman–Crippen MR) is 78.3 cm³/mol. The molecule has 0 saturated heterocycles. The van der Waals surface area contributed by atoms with Crippen LogP contribution in [0.15, 0.2) is 36.4 Å². The van der Waals surface area contributed by atoms with E-state index >= 15 is 0 Å². The lowest BCUT2D eigenvalue weighted by molar-refractivity contribution is 0.831. The molecule has 94 valence electrons. The van der Waals surface area contributed by atoms with E-state index in [1.807, 2.05) is 18.4 Å². The van der Waals surface area contributed by atoms with Gasteiger partial charge in [-0.15, -0.1) is 11.3 Å². The summed E-state index contributed by atoms with van der Waals surface area (Å²) in [6.45, 7) is 3.17. The van der Waals surface area contributed by atoms with E-state index in [2.05, 4.69) is 46.6 Å². The average molecular weight is 258 g/mol. The molecule has 1 aliphatic heterocycles. The third-order valence-electron chi connectivity index (χ3n) is 3.40. The second-order valence-corrected chi connectivity index (χ2v) is 5.95. The van der Waals surface area contributed by atoms with Gasteiger partial charge in [-0.1, -0.05) is 18.2 Å². The van der Waals surface area contributed by atoms with Crippen LogP contribution in [0.2, 0.25) is 0 Å². The number of para-hydroxylation sites is 1. The summed E-state index contributed by atoms with van der Waals surface area (Å²) in [7, 11) is 2.00. The highest BCUT2D eigenvalue weighted by Crippen LogP contribution is 2.30. The van der Waals surface area contributed by atoms with Crippen LogP contribution in [0.4, 0.5) is 5.69 Å². The van der Waals surface area contributed by atoms with Crippen molar-refractivity contribution in [2.45, 2.75) is 19.5 Å². The molecule has 1 aliphatic rings. The molecule has 0 saturated carbocycles. The number of fused-ring (bicyclic) bond motifs is 1. The van der Waals surface area contributed by atoms with Crippen molar-refractivity contribution < 1.29 is 0 Å². The van der Waals surface area contributed by atoms with Crippen molar-refractivity contribution >= 4 is 17.0 Å². The summed E-state index contributed by atoms with van der Waals surface area (Å²) in [4.78, 5) is 5.36. The third-order valence-corrected chi connectivity index (χ3v) is 4.47. The van der Waals surface area contributed by atoms with E-state index in [4.69, 9.17) is 0 Å². The smallest absolute Gasteiger partial charge is 0.0523 e. The van der Waals surface area contributed by atoms with E-state index in [1.54, 1.807) is 0 Å². The standard InChI is InChI=1S/C15H18N2S/c1-16-10-13-6-7-14(18-13)11-17-9-8-12-4-2-3-5-15(12)17/h2-7,16H,8-11H2,1H3. The van der Waals surface area contributed by atoms with Crippen LogP contribution in [0.1, 0.15) is 15.3 Å². The third kappa shape index (κ3) is 2.28. The highest BCUT2D eigenvalue weighted by molar-refractivity contribution is 7.12. The van der Waals surface area contributed by atoms with Crippen LogP contribution in [-0.2, 0) is 19.5 Å². The van der Waals surface area contributed by atoms with Crippen LogP contribution in [0, 0.1) is 0 Å². The van der Waals surface area contributed by atoms with Gasteiger partial charge in [0.05, 0.1) is 6.54 Å². The van der Waals surface area contributed by atoms with Gasteiger partial charge in [0.15, 0.2) is 0 Å². The van der Waals surface area contributed by atoms with Crippen LogP contribution in [0.5, 0.6) is 0 Å². The molecule has 3 heteroatoms. The second kappa shape index (κ2) is 5.12. The lowest BCUT2D eigenvalue weighted by Gasteiger charge is -2.18. The number of hydrogen-bond donors (Lipinski definition) is 1. The minimum Gasteiger partial charge on any atom is -0.366 e. The first-order valence-corrected chi connectivity index (χ1v) is 7.23. The lowest BCUT2D eigenvalue weighted by Crippen LogP contribution is -2.18. The molecule has 0 radical (unpaired) electrons. The van der Waals surface area contributed by atoms with Crippen molar-refractivity contribution in [3.05, 3.63) is 51.7 Å². The maximum absolute atomic E-state index is 3.20. The molecule has 0 unspecified atom stereocenters. The fourth-order valence-corrected chi connectivity index (χ4v) is 3.58. The van der Waals surface area contributed by atoms with Crippen molar-refractivity contribution in [1.82, 2.24) is 5.32 Å². The predicted octanol–water partition coefficient (Wildman–Crippen LogP) is 3.03. The van der Waals surface area contributed by atoms with Crippen molar-refractivity contribution in [3.63, 3.8) is 0 Å². The number of benzene rings is 1. The van der Waals surface area contributed by atoms with Gasteiger partial charge in [-0.2, -0.15) is 0 Å². The second-order valence-electron chi connectivity index (χ2n) is 4.70. The molecule has 2 aromatic rings. The maximum Gasteiger partial charge on any atom is 0.0523 e. The monoisotopic (exact) mass is 258 g/mol. The molecular formula is C15H18N2S. The Morgan fingerprint density at radius 2 is 2.00 bits per heavy atom. The van der Waals surface area contributed by atoms with Crippen LogP contribution in [0.3, 0.4) is 0 Å². The molecule has 1 aromatic heterocycles. The van der Waals surface area contributed by atoms with Crippen molar-refractivity contribution in [2.75, 3.05) is 18.5 Å². The Morgan fingerprint density at radius 1 is 1.17 bits per heavy atom. The molecule has 0 fully saturated rings. The fourth-order valence-electron chi connectivity index (χ4n) is 2.54. The maximum atomic E-state index is 3.20. The normalized spacial score (nSPS) is 13.9. The Labute approximate surface area is 112 Å². The summed E-state index contributed by atoms with van der Waals surface area (Å²) in [6, 6.07) is 13.3. The molecule has 3 rings (SSSR count). The summed E-state index contributed by atoms with van der Waals surface area (Å²) in [5.41, 5.74) is 2.91. The average Bonchev–Trinajstić information content (AvgIpc) is 2.99. The van der Waals surface area contributed by atoms with E-state index < -0.39 is 0 Å². The van der Waals surface area contributed by atoms with Gasteiger partial charge < -0.3 is 10.2 Å². The Hall–Kier alpha value is -1.32. The summed E-state index contributed by atoms with van der Waals surface area (Å²) in [5.74, 6) is 0. The van der Waals surface area contributed by atoms with Gasteiger partial charge in [0, 0.05) is 28.5 Å². The molecule has 2 nitrogen and oxygen atoms in total. The van der Waals surface area contributed by atoms with Crippen LogP contribution in [0.25, 0.3) is 0 Å². The number of anilines is 1. The zero-order chi connectivity index (χ0) is 12.4. The van der Waals surface area contributed by atoms with Gasteiger partial charge in [-0.05, 0) is 37.2 Å². The molecule has 2 heterocycles. The van der Waals surface area contributed by atoms with Gasteiger partial charge in [0.25, 0.3) is 0 Å². The zero-order valence-electron chi connectivity index (χ0n) is 10.6. The molecule has 0 bridgehead atoms. The van der Waals surface area contributed by atoms with Crippen molar-refractivity contribution in [1.29, 1.82) is 0 Å². The van der Waals surface area contributed by atoms with E-state index in [9.17, 15) is 0 Å². The summed E-state index contributed by atoms with van der Waals surface area (Å²) < 4.78 is 0. The van der Waals surface area contributed by atoms with E-state index in [1.165, 1.54) is 27.4 Å². The number of thiophene rings is 1. The topological polar surface area (TPSA) is 15.3 Å².